The predicted octanol–water partition coefficient (Wildman–Crippen LogP) is 0.598. The number of carbonyl (C=O) groups excluding carboxylic acids is 1. The Labute approximate surface area is 118 Å². The smallest absolute Gasteiger partial charge is 0.378 e. The summed E-state index contributed by atoms with van der Waals surface area (Å²) in [5.74, 6) is -1.04. The fourth-order valence-corrected chi connectivity index (χ4v) is 2.15. The van der Waals surface area contributed by atoms with Gasteiger partial charge in [0.15, 0.2) is 0 Å². The van der Waals surface area contributed by atoms with Crippen LogP contribution >= 0.6 is 0 Å². The minimum Gasteiger partial charge on any atom is -0.378 e. The van der Waals surface area contributed by atoms with Gasteiger partial charge in [-0.2, -0.15) is 13.2 Å². The molecule has 0 spiro atoms. The van der Waals surface area contributed by atoms with Crippen molar-refractivity contribution in [3.05, 3.63) is 23.4 Å². The molecule has 1 aromatic rings. The highest BCUT2D eigenvalue weighted by molar-refractivity contribution is 5.97. The molecule has 1 fully saturated rings. The van der Waals surface area contributed by atoms with Crippen LogP contribution in [0.25, 0.3) is 0 Å². The summed E-state index contributed by atoms with van der Waals surface area (Å²) in [6.45, 7) is 1.04. The Kier molecular flexibility index (Phi) is 4.33. The lowest BCUT2D eigenvalue weighted by molar-refractivity contribution is -0.141. The van der Waals surface area contributed by atoms with Gasteiger partial charge in [-0.25, -0.2) is 4.98 Å². The maximum absolute atomic E-state index is 12.7. The number of hydrogen-bond donors (Lipinski definition) is 3. The standard InChI is InChI=1S/C12H15F3N4O2/c1-21-8-5-17-4-7(8)18-11-6(10(16)20)2-3-9(19-11)12(13,14)15/h2-3,7-8,17H,4-5H2,1H3,(H2,16,20)(H,18,19)/t7?,8-/m0/s1. The molecule has 4 N–H and O–H groups in total. The molecule has 0 saturated carbocycles. The zero-order chi connectivity index (χ0) is 15.6. The number of primary amides is 1. The number of alkyl halides is 3. The van der Waals surface area contributed by atoms with Gasteiger partial charge < -0.3 is 21.1 Å². The summed E-state index contributed by atoms with van der Waals surface area (Å²) in [4.78, 5) is 14.8. The van der Waals surface area contributed by atoms with Crippen LogP contribution in [0.5, 0.6) is 0 Å². The van der Waals surface area contributed by atoms with Gasteiger partial charge in [-0.1, -0.05) is 0 Å². The van der Waals surface area contributed by atoms with E-state index in [1.165, 1.54) is 7.11 Å². The van der Waals surface area contributed by atoms with Crippen LogP contribution in [-0.4, -0.2) is 43.2 Å². The predicted molar refractivity (Wildman–Crippen MR) is 68.8 cm³/mol. The van der Waals surface area contributed by atoms with E-state index in [4.69, 9.17) is 10.5 Å². The van der Waals surface area contributed by atoms with Crippen molar-refractivity contribution in [2.45, 2.75) is 18.3 Å². The molecule has 1 aromatic heterocycles. The second-order valence-electron chi connectivity index (χ2n) is 4.64. The van der Waals surface area contributed by atoms with Crippen LogP contribution in [0.2, 0.25) is 0 Å². The third-order valence-corrected chi connectivity index (χ3v) is 3.23. The van der Waals surface area contributed by atoms with Crippen molar-refractivity contribution in [3.8, 4) is 0 Å². The van der Waals surface area contributed by atoms with Crippen molar-refractivity contribution in [1.82, 2.24) is 10.3 Å². The molecule has 0 bridgehead atoms. The van der Waals surface area contributed by atoms with Gasteiger partial charge in [-0.15, -0.1) is 0 Å². The van der Waals surface area contributed by atoms with Crippen LogP contribution in [0.1, 0.15) is 16.1 Å². The van der Waals surface area contributed by atoms with E-state index in [0.717, 1.165) is 12.1 Å². The van der Waals surface area contributed by atoms with Crippen molar-refractivity contribution in [1.29, 1.82) is 0 Å². The van der Waals surface area contributed by atoms with Gasteiger partial charge in [0.1, 0.15) is 11.5 Å². The first-order valence-electron chi connectivity index (χ1n) is 6.21. The number of hydrogen-bond acceptors (Lipinski definition) is 5. The van der Waals surface area contributed by atoms with E-state index in [0.29, 0.717) is 13.1 Å². The molecule has 0 aliphatic carbocycles. The number of halogens is 3. The largest absolute Gasteiger partial charge is 0.433 e. The topological polar surface area (TPSA) is 89.3 Å². The summed E-state index contributed by atoms with van der Waals surface area (Å²) < 4.78 is 43.3. The summed E-state index contributed by atoms with van der Waals surface area (Å²) in [6.07, 6.45) is -4.83. The van der Waals surface area contributed by atoms with Crippen molar-refractivity contribution < 1.29 is 22.7 Å². The van der Waals surface area contributed by atoms with Gasteiger partial charge in [0, 0.05) is 20.2 Å². The molecule has 116 valence electrons. The number of pyridine rings is 1. The number of methoxy groups -OCH3 is 1. The Balaban J connectivity index is 2.32. The van der Waals surface area contributed by atoms with Gasteiger partial charge in [0.05, 0.1) is 17.7 Å². The molecule has 2 heterocycles. The number of nitrogens with one attached hydrogen (secondary N) is 2. The van der Waals surface area contributed by atoms with Crippen molar-refractivity contribution in [3.63, 3.8) is 0 Å². The van der Waals surface area contributed by atoms with Gasteiger partial charge >= 0.3 is 6.18 Å². The number of amides is 1. The second kappa shape index (κ2) is 5.86. The minimum atomic E-state index is -4.60. The zero-order valence-corrected chi connectivity index (χ0v) is 11.2. The maximum atomic E-state index is 12.7. The Morgan fingerprint density at radius 3 is 2.76 bits per heavy atom. The number of ether oxygens (including phenoxy) is 1. The van der Waals surface area contributed by atoms with E-state index in [9.17, 15) is 18.0 Å². The van der Waals surface area contributed by atoms with Crippen LogP contribution < -0.4 is 16.4 Å². The molecule has 1 amide bonds. The third-order valence-electron chi connectivity index (χ3n) is 3.23. The second-order valence-corrected chi connectivity index (χ2v) is 4.64. The van der Waals surface area contributed by atoms with E-state index in [2.05, 4.69) is 15.6 Å². The quantitative estimate of drug-likeness (QED) is 0.758. The highest BCUT2D eigenvalue weighted by Crippen LogP contribution is 2.29. The molecule has 9 heteroatoms. The monoisotopic (exact) mass is 304 g/mol. The van der Waals surface area contributed by atoms with Crippen molar-refractivity contribution >= 4 is 11.7 Å². The van der Waals surface area contributed by atoms with E-state index in [1.807, 2.05) is 0 Å². The molecule has 6 nitrogen and oxygen atoms in total. The lowest BCUT2D eigenvalue weighted by Gasteiger charge is -2.21. The molecule has 21 heavy (non-hydrogen) atoms. The van der Waals surface area contributed by atoms with E-state index in [-0.39, 0.29) is 23.5 Å². The number of anilines is 1. The maximum Gasteiger partial charge on any atom is 0.433 e. The lowest BCUT2D eigenvalue weighted by Crippen LogP contribution is -2.35. The number of nitrogens with two attached hydrogens (primary N) is 1. The lowest BCUT2D eigenvalue weighted by atomic mass is 10.1. The van der Waals surface area contributed by atoms with Crippen LogP contribution in [0, 0.1) is 0 Å². The Bertz CT molecular complexity index is 536. The highest BCUT2D eigenvalue weighted by Gasteiger charge is 2.34. The van der Waals surface area contributed by atoms with Crippen LogP contribution in [-0.2, 0) is 10.9 Å². The summed E-state index contributed by atoms with van der Waals surface area (Å²) in [6, 6.07) is 1.44. The molecular formula is C12H15F3N4O2. The summed E-state index contributed by atoms with van der Waals surface area (Å²) in [5, 5.41) is 5.84. The Morgan fingerprint density at radius 2 is 2.19 bits per heavy atom. The fourth-order valence-electron chi connectivity index (χ4n) is 2.15. The number of carbonyl (C=O) groups is 1. The SMILES string of the molecule is CO[C@H]1CNCC1Nc1nc(C(F)(F)F)ccc1C(N)=O. The molecule has 2 rings (SSSR count). The number of rotatable bonds is 4. The number of nitrogens with zero attached hydrogens (tertiary/aromatic N) is 1. The molecule has 1 aliphatic rings. The van der Waals surface area contributed by atoms with Crippen LogP contribution in [0.3, 0.4) is 0 Å². The first kappa shape index (κ1) is 15.5. The van der Waals surface area contributed by atoms with Crippen molar-refractivity contribution in [2.75, 3.05) is 25.5 Å². The first-order chi connectivity index (χ1) is 9.82. The van der Waals surface area contributed by atoms with Crippen molar-refractivity contribution in [2.24, 2.45) is 5.73 Å². The van der Waals surface area contributed by atoms with Crippen LogP contribution in [0.15, 0.2) is 12.1 Å². The normalized spacial score (nSPS) is 22.3. The molecule has 1 saturated heterocycles. The fraction of sp³-hybridized carbons (Fsp3) is 0.500. The summed E-state index contributed by atoms with van der Waals surface area (Å²) in [5.41, 5.74) is 3.99. The van der Waals surface area contributed by atoms with Crippen LogP contribution in [0.4, 0.5) is 19.0 Å². The molecule has 0 radical (unpaired) electrons. The molecule has 0 aromatic carbocycles. The van der Waals surface area contributed by atoms with Gasteiger partial charge in [-0.3, -0.25) is 4.79 Å². The van der Waals surface area contributed by atoms with E-state index in [1.54, 1.807) is 0 Å². The van der Waals surface area contributed by atoms with E-state index >= 15 is 0 Å². The average molecular weight is 304 g/mol. The third kappa shape index (κ3) is 3.42. The van der Waals surface area contributed by atoms with E-state index < -0.39 is 17.8 Å². The minimum absolute atomic E-state index is 0.0928. The van der Waals surface area contributed by atoms with Gasteiger partial charge in [-0.05, 0) is 12.1 Å². The molecule has 1 aliphatic heterocycles. The first-order valence-corrected chi connectivity index (χ1v) is 6.21. The molecule has 2 atom stereocenters. The summed E-state index contributed by atoms with van der Waals surface area (Å²) in [7, 11) is 1.50. The Morgan fingerprint density at radius 1 is 1.48 bits per heavy atom. The van der Waals surface area contributed by atoms with Gasteiger partial charge in [0.2, 0.25) is 0 Å². The zero-order valence-electron chi connectivity index (χ0n) is 11.2. The highest BCUT2D eigenvalue weighted by atomic mass is 19.4. The summed E-state index contributed by atoms with van der Waals surface area (Å²) >= 11 is 0. The average Bonchev–Trinajstić information content (AvgIpc) is 2.84. The van der Waals surface area contributed by atoms with Gasteiger partial charge in [0.25, 0.3) is 5.91 Å². The molecular weight excluding hydrogens is 289 g/mol. The number of aromatic nitrogens is 1. The Hall–Kier alpha value is -1.87. The molecule has 1 unspecified atom stereocenters.